The highest BCUT2D eigenvalue weighted by molar-refractivity contribution is 6.40. The lowest BCUT2D eigenvalue weighted by Crippen LogP contribution is -1.92. The molecule has 0 saturated carbocycles. The Morgan fingerprint density at radius 2 is 1.76 bits per heavy atom. The van der Waals surface area contributed by atoms with Gasteiger partial charge in [-0.2, -0.15) is 0 Å². The third-order valence-corrected chi connectivity index (χ3v) is 3.89. The topological polar surface area (TPSA) is 52.0 Å². The molecule has 17 heavy (non-hydrogen) atoms. The lowest BCUT2D eigenvalue weighted by atomic mass is 10.1. The zero-order valence-electron chi connectivity index (χ0n) is 8.93. The SMILES string of the molecule is Nc1ccc2c(c1)Cc1c-2cc(Cl)c(N)c1Cl. The first-order valence-corrected chi connectivity index (χ1v) is 5.98. The maximum atomic E-state index is 6.23. The van der Waals surface area contributed by atoms with Crippen molar-refractivity contribution in [1.82, 2.24) is 0 Å². The molecular weight excluding hydrogens is 255 g/mol. The Hall–Kier alpha value is -1.38. The standard InChI is InChI=1S/C13H10Cl2N2/c14-11-5-9-8-2-1-7(16)3-6(8)4-10(9)12(15)13(11)17/h1-3,5H,4,16-17H2. The van der Waals surface area contributed by atoms with Crippen LogP contribution in [0.3, 0.4) is 0 Å². The van der Waals surface area contributed by atoms with Crippen molar-refractivity contribution >= 4 is 34.6 Å². The van der Waals surface area contributed by atoms with Crippen LogP contribution in [0.5, 0.6) is 0 Å². The van der Waals surface area contributed by atoms with Crippen molar-refractivity contribution in [3.05, 3.63) is 45.4 Å². The number of hydrogen-bond donors (Lipinski definition) is 2. The van der Waals surface area contributed by atoms with Gasteiger partial charge in [0.25, 0.3) is 0 Å². The molecule has 1 aliphatic rings. The highest BCUT2D eigenvalue weighted by atomic mass is 35.5. The predicted molar refractivity (Wildman–Crippen MR) is 73.5 cm³/mol. The summed E-state index contributed by atoms with van der Waals surface area (Å²) in [6.07, 6.45) is 0.760. The van der Waals surface area contributed by atoms with E-state index in [4.69, 9.17) is 34.7 Å². The second-order valence-electron chi connectivity index (χ2n) is 4.21. The second-order valence-corrected chi connectivity index (χ2v) is 4.99. The van der Waals surface area contributed by atoms with Crippen LogP contribution in [0.1, 0.15) is 11.1 Å². The van der Waals surface area contributed by atoms with Gasteiger partial charge in [-0.3, -0.25) is 0 Å². The van der Waals surface area contributed by atoms with Crippen LogP contribution >= 0.6 is 23.2 Å². The van der Waals surface area contributed by atoms with E-state index in [9.17, 15) is 0 Å². The number of anilines is 2. The van der Waals surface area contributed by atoms with Crippen molar-refractivity contribution < 1.29 is 0 Å². The van der Waals surface area contributed by atoms with Crippen LogP contribution in [0.2, 0.25) is 10.0 Å². The van der Waals surface area contributed by atoms with Crippen molar-refractivity contribution in [1.29, 1.82) is 0 Å². The zero-order valence-corrected chi connectivity index (χ0v) is 10.4. The lowest BCUT2D eigenvalue weighted by molar-refractivity contribution is 1.26. The van der Waals surface area contributed by atoms with E-state index in [1.54, 1.807) is 0 Å². The van der Waals surface area contributed by atoms with Gasteiger partial charge in [0.15, 0.2) is 0 Å². The molecular formula is C13H10Cl2N2. The minimum atomic E-state index is 0.452. The molecule has 4 N–H and O–H groups in total. The highest BCUT2D eigenvalue weighted by Crippen LogP contribution is 2.45. The summed E-state index contributed by atoms with van der Waals surface area (Å²) >= 11 is 12.3. The fourth-order valence-corrected chi connectivity index (χ4v) is 2.83. The average molecular weight is 265 g/mol. The minimum Gasteiger partial charge on any atom is -0.399 e. The van der Waals surface area contributed by atoms with Crippen molar-refractivity contribution in [2.24, 2.45) is 0 Å². The van der Waals surface area contributed by atoms with E-state index >= 15 is 0 Å². The summed E-state index contributed by atoms with van der Waals surface area (Å²) in [4.78, 5) is 0. The molecule has 0 radical (unpaired) electrons. The molecule has 86 valence electrons. The van der Waals surface area contributed by atoms with Crippen molar-refractivity contribution in [3.63, 3.8) is 0 Å². The first-order valence-electron chi connectivity index (χ1n) is 5.23. The molecule has 0 unspecified atom stereocenters. The molecule has 2 nitrogen and oxygen atoms in total. The monoisotopic (exact) mass is 264 g/mol. The summed E-state index contributed by atoms with van der Waals surface area (Å²) in [5, 5.41) is 1.06. The van der Waals surface area contributed by atoms with Gasteiger partial charge < -0.3 is 11.5 Å². The summed E-state index contributed by atoms with van der Waals surface area (Å²) in [6.45, 7) is 0. The molecule has 0 aromatic heterocycles. The normalized spacial score (nSPS) is 12.4. The molecule has 0 aliphatic heterocycles. The second kappa shape index (κ2) is 3.56. The number of halogens is 2. The summed E-state index contributed by atoms with van der Waals surface area (Å²) in [7, 11) is 0. The average Bonchev–Trinajstić information content (AvgIpc) is 2.64. The summed E-state index contributed by atoms with van der Waals surface area (Å²) in [5.74, 6) is 0. The molecule has 1 aliphatic carbocycles. The molecule has 0 spiro atoms. The number of nitrogen functional groups attached to an aromatic ring is 2. The Balaban J connectivity index is 2.30. The van der Waals surface area contributed by atoms with Gasteiger partial charge in [0.05, 0.1) is 15.7 Å². The molecule has 4 heteroatoms. The van der Waals surface area contributed by atoms with Crippen LogP contribution in [0.4, 0.5) is 11.4 Å². The summed E-state index contributed by atoms with van der Waals surface area (Å²) in [6, 6.07) is 7.72. The van der Waals surface area contributed by atoms with Gasteiger partial charge in [-0.05, 0) is 40.5 Å². The van der Waals surface area contributed by atoms with Gasteiger partial charge in [0.2, 0.25) is 0 Å². The smallest absolute Gasteiger partial charge is 0.0696 e. The van der Waals surface area contributed by atoms with Crippen LogP contribution in [-0.2, 0) is 6.42 Å². The quantitative estimate of drug-likeness (QED) is 0.608. The van der Waals surface area contributed by atoms with Crippen molar-refractivity contribution in [2.75, 3.05) is 11.5 Å². The van der Waals surface area contributed by atoms with Gasteiger partial charge in [-0.1, -0.05) is 29.3 Å². The van der Waals surface area contributed by atoms with Gasteiger partial charge in [-0.25, -0.2) is 0 Å². The molecule has 2 aromatic rings. The third kappa shape index (κ3) is 1.48. The fourth-order valence-electron chi connectivity index (χ4n) is 2.30. The van der Waals surface area contributed by atoms with E-state index in [0.717, 1.165) is 28.8 Å². The van der Waals surface area contributed by atoms with Gasteiger partial charge in [-0.15, -0.1) is 0 Å². The highest BCUT2D eigenvalue weighted by Gasteiger charge is 2.23. The lowest BCUT2D eigenvalue weighted by Gasteiger charge is -2.07. The molecule has 2 aromatic carbocycles. The largest absolute Gasteiger partial charge is 0.399 e. The number of hydrogen-bond acceptors (Lipinski definition) is 2. The maximum Gasteiger partial charge on any atom is 0.0696 e. The first kappa shape index (κ1) is 10.8. The Morgan fingerprint density at radius 3 is 2.53 bits per heavy atom. The Kier molecular flexibility index (Phi) is 2.25. The molecule has 0 bridgehead atoms. The van der Waals surface area contributed by atoms with E-state index in [2.05, 4.69) is 0 Å². The summed E-state index contributed by atoms with van der Waals surface area (Å²) < 4.78 is 0. The van der Waals surface area contributed by atoms with Crippen LogP contribution in [0.15, 0.2) is 24.3 Å². The van der Waals surface area contributed by atoms with E-state index in [1.807, 2.05) is 24.3 Å². The molecule has 0 saturated heterocycles. The third-order valence-electron chi connectivity index (χ3n) is 3.14. The minimum absolute atomic E-state index is 0.452. The van der Waals surface area contributed by atoms with Crippen LogP contribution in [0, 0.1) is 0 Å². The molecule has 0 atom stereocenters. The molecule has 0 fully saturated rings. The Morgan fingerprint density at radius 1 is 1.00 bits per heavy atom. The van der Waals surface area contributed by atoms with Gasteiger partial charge >= 0.3 is 0 Å². The number of benzene rings is 2. The van der Waals surface area contributed by atoms with E-state index in [1.165, 1.54) is 5.56 Å². The van der Waals surface area contributed by atoms with Crippen LogP contribution < -0.4 is 11.5 Å². The number of nitrogens with two attached hydrogens (primary N) is 2. The Labute approximate surface area is 109 Å². The van der Waals surface area contributed by atoms with Crippen molar-refractivity contribution in [3.8, 4) is 11.1 Å². The van der Waals surface area contributed by atoms with E-state index in [0.29, 0.717) is 15.7 Å². The van der Waals surface area contributed by atoms with Crippen LogP contribution in [0.25, 0.3) is 11.1 Å². The summed E-state index contributed by atoms with van der Waals surface area (Å²) in [5.41, 5.74) is 17.2. The fraction of sp³-hybridized carbons (Fsp3) is 0.0769. The maximum absolute atomic E-state index is 6.23. The zero-order chi connectivity index (χ0) is 12.2. The first-order chi connectivity index (χ1) is 8.08. The van der Waals surface area contributed by atoms with E-state index in [-0.39, 0.29) is 0 Å². The van der Waals surface area contributed by atoms with E-state index < -0.39 is 0 Å². The molecule has 0 heterocycles. The van der Waals surface area contributed by atoms with Gasteiger partial charge in [0, 0.05) is 12.1 Å². The van der Waals surface area contributed by atoms with Gasteiger partial charge in [0.1, 0.15) is 0 Å². The number of rotatable bonds is 0. The van der Waals surface area contributed by atoms with Crippen LogP contribution in [-0.4, -0.2) is 0 Å². The predicted octanol–water partition coefficient (Wildman–Crippen LogP) is 3.73. The molecule has 3 rings (SSSR count). The Bertz CT molecular complexity index is 636. The molecule has 0 amide bonds. The number of fused-ring (bicyclic) bond motifs is 3. The van der Waals surface area contributed by atoms with Crippen molar-refractivity contribution in [2.45, 2.75) is 6.42 Å².